The van der Waals surface area contributed by atoms with Crippen LogP contribution in [0, 0.1) is 44.8 Å². The second-order valence-electron chi connectivity index (χ2n) is 18.2. The van der Waals surface area contributed by atoms with Gasteiger partial charge in [0.05, 0.1) is 56.3 Å². The molecule has 0 aromatic rings. The number of hydrogen-bond donors (Lipinski definition) is 1. The van der Waals surface area contributed by atoms with E-state index in [0.29, 0.717) is 39.7 Å². The lowest BCUT2D eigenvalue weighted by Crippen LogP contribution is -2.59. The van der Waals surface area contributed by atoms with Crippen LogP contribution in [0.15, 0.2) is 0 Å². The van der Waals surface area contributed by atoms with Crippen molar-refractivity contribution < 1.29 is 24.1 Å². The fraction of sp³-hybridized carbons (Fsp3) is 1.00. The van der Waals surface area contributed by atoms with Gasteiger partial charge in [-0.15, -0.1) is 0 Å². The second kappa shape index (κ2) is 9.41. The Morgan fingerprint density at radius 2 is 1.67 bits per heavy atom. The predicted octanol–water partition coefficient (Wildman–Crippen LogP) is 6.19. The van der Waals surface area contributed by atoms with E-state index in [1.165, 1.54) is 57.8 Å². The molecule has 2 spiro atoms. The van der Waals surface area contributed by atoms with E-state index >= 15 is 0 Å². The van der Waals surface area contributed by atoms with Crippen LogP contribution < -0.4 is 0 Å². The molecule has 0 aromatic carbocycles. The van der Waals surface area contributed by atoms with E-state index in [9.17, 15) is 5.11 Å². The molecule has 11 unspecified atom stereocenters. The van der Waals surface area contributed by atoms with Crippen LogP contribution in [-0.2, 0) is 18.9 Å². The van der Waals surface area contributed by atoms with Crippen molar-refractivity contribution in [2.45, 2.75) is 148 Å². The molecule has 42 heavy (non-hydrogen) atoms. The van der Waals surface area contributed by atoms with Crippen molar-refractivity contribution in [3.05, 3.63) is 0 Å². The summed E-state index contributed by atoms with van der Waals surface area (Å²) < 4.78 is 25.5. The van der Waals surface area contributed by atoms with Crippen LogP contribution in [0.4, 0.5) is 0 Å². The predicted molar refractivity (Wildman–Crippen MR) is 162 cm³/mol. The van der Waals surface area contributed by atoms with Crippen LogP contribution in [0.5, 0.6) is 0 Å². The summed E-state index contributed by atoms with van der Waals surface area (Å²) in [4.78, 5) is 2.53. The summed E-state index contributed by atoms with van der Waals surface area (Å²) in [5.41, 5.74) is 1.33. The number of aliphatic hydroxyl groups is 1. The van der Waals surface area contributed by atoms with Gasteiger partial charge in [-0.25, -0.2) is 0 Å². The maximum atomic E-state index is 10.5. The Balaban J connectivity index is 0.992. The molecule has 0 bridgehead atoms. The molecule has 8 aliphatic rings. The van der Waals surface area contributed by atoms with Crippen molar-refractivity contribution in [1.29, 1.82) is 0 Å². The van der Waals surface area contributed by atoms with E-state index in [4.69, 9.17) is 18.9 Å². The summed E-state index contributed by atoms with van der Waals surface area (Å²) in [6.07, 6.45) is 14.7. The van der Waals surface area contributed by atoms with Crippen molar-refractivity contribution >= 4 is 0 Å². The normalized spacial score (nSPS) is 53.6. The van der Waals surface area contributed by atoms with Gasteiger partial charge >= 0.3 is 0 Å². The van der Waals surface area contributed by atoms with Gasteiger partial charge in [0.2, 0.25) is 0 Å². The van der Waals surface area contributed by atoms with E-state index < -0.39 is 5.60 Å². The first-order valence-electron chi connectivity index (χ1n) is 17.8. The highest BCUT2D eigenvalue weighted by Crippen LogP contribution is 2.89. The number of ether oxygens (including phenoxy) is 4. The first-order valence-corrected chi connectivity index (χ1v) is 17.8. The third kappa shape index (κ3) is 3.96. The van der Waals surface area contributed by atoms with Crippen LogP contribution in [0.25, 0.3) is 0 Å². The molecule has 11 atom stereocenters. The maximum absolute atomic E-state index is 10.5. The van der Waals surface area contributed by atoms with Crippen molar-refractivity contribution in [2.24, 2.45) is 44.8 Å². The first-order chi connectivity index (χ1) is 19.8. The number of hydrogen-bond acceptors (Lipinski definition) is 6. The zero-order valence-electron chi connectivity index (χ0n) is 27.5. The van der Waals surface area contributed by atoms with Crippen LogP contribution in [0.3, 0.4) is 0 Å². The number of nitrogens with zero attached hydrogens (tertiary/aromatic N) is 1. The van der Waals surface area contributed by atoms with Gasteiger partial charge in [0.25, 0.3) is 0 Å². The Morgan fingerprint density at radius 1 is 0.905 bits per heavy atom. The molecule has 0 radical (unpaired) electrons. The highest BCUT2D eigenvalue weighted by molar-refractivity contribution is 5.31. The van der Waals surface area contributed by atoms with Gasteiger partial charge in [-0.3, -0.25) is 4.90 Å². The van der Waals surface area contributed by atoms with E-state index in [1.807, 2.05) is 13.8 Å². The zero-order chi connectivity index (χ0) is 29.3. The van der Waals surface area contributed by atoms with Crippen LogP contribution in [-0.4, -0.2) is 79.2 Å². The van der Waals surface area contributed by atoms with Gasteiger partial charge in [-0.2, -0.15) is 0 Å². The molecule has 0 amide bonds. The van der Waals surface area contributed by atoms with Crippen LogP contribution >= 0.6 is 0 Å². The Kier molecular flexibility index (Phi) is 6.54. The third-order valence-electron chi connectivity index (χ3n) is 15.6. The highest BCUT2D eigenvalue weighted by Gasteiger charge is 2.83. The van der Waals surface area contributed by atoms with Crippen LogP contribution in [0.2, 0.25) is 0 Å². The summed E-state index contributed by atoms with van der Waals surface area (Å²) in [6.45, 7) is 18.7. The number of morpholine rings is 1. The minimum Gasteiger partial charge on any atom is -0.390 e. The standard InChI is InChI=1S/C36H59NO5/c1-31(2,38)17-24-7-8-25-26(41-24)18-34(6)28-10-9-27-32(3,4)29(42-30-19-37(15-16-40-30)23-20-39-21-23)11-12-35(27)22-36(28,35)14-13-33(25,34)5/h23-30,38H,7-22H2,1-6H3. The van der Waals surface area contributed by atoms with Gasteiger partial charge < -0.3 is 24.1 Å². The molecule has 8 rings (SSSR count). The van der Waals surface area contributed by atoms with Gasteiger partial charge in [-0.05, 0) is 123 Å². The highest BCUT2D eigenvalue weighted by atomic mass is 16.7. The van der Waals surface area contributed by atoms with E-state index in [-0.39, 0.29) is 23.9 Å². The third-order valence-corrected chi connectivity index (χ3v) is 15.6. The lowest BCUT2D eigenvalue weighted by molar-refractivity contribution is -0.255. The fourth-order valence-corrected chi connectivity index (χ4v) is 13.4. The van der Waals surface area contributed by atoms with E-state index in [1.54, 1.807) is 0 Å². The van der Waals surface area contributed by atoms with Gasteiger partial charge in [0.1, 0.15) is 0 Å². The Hall–Kier alpha value is -0.240. The molecule has 6 heteroatoms. The molecular weight excluding hydrogens is 526 g/mol. The monoisotopic (exact) mass is 585 g/mol. The molecule has 3 aliphatic heterocycles. The van der Waals surface area contributed by atoms with Gasteiger partial charge in [0, 0.05) is 13.0 Å². The Morgan fingerprint density at radius 3 is 2.40 bits per heavy atom. The van der Waals surface area contributed by atoms with Crippen molar-refractivity contribution in [3.63, 3.8) is 0 Å². The summed E-state index contributed by atoms with van der Waals surface area (Å²) in [5, 5.41) is 10.5. The molecule has 1 N–H and O–H groups in total. The molecule has 0 aromatic heterocycles. The van der Waals surface area contributed by atoms with E-state index in [0.717, 1.165) is 57.6 Å². The minimum absolute atomic E-state index is 0.0986. The van der Waals surface area contributed by atoms with Crippen molar-refractivity contribution in [3.8, 4) is 0 Å². The molecule has 238 valence electrons. The molecule has 8 fully saturated rings. The SMILES string of the molecule is CC(C)(O)CC1CCC2C(CC3(C)C4CCC5C(C)(C)C(OC6CN(C7COC7)CCO6)CCC56CC46CCC23C)O1. The van der Waals surface area contributed by atoms with Crippen molar-refractivity contribution in [2.75, 3.05) is 32.9 Å². The van der Waals surface area contributed by atoms with Crippen molar-refractivity contribution in [1.82, 2.24) is 4.90 Å². The molecule has 5 saturated carbocycles. The average molecular weight is 586 g/mol. The summed E-state index contributed by atoms with van der Waals surface area (Å²) in [6, 6.07) is 0.555. The molecule has 3 saturated heterocycles. The lowest BCUT2D eigenvalue weighted by Gasteiger charge is -2.63. The summed E-state index contributed by atoms with van der Waals surface area (Å²) >= 11 is 0. The molecule has 5 aliphatic carbocycles. The molecular formula is C36H59NO5. The Labute approximate surface area is 254 Å². The molecule has 3 heterocycles. The largest absolute Gasteiger partial charge is 0.390 e. The van der Waals surface area contributed by atoms with Gasteiger partial charge in [0.15, 0.2) is 6.29 Å². The second-order valence-corrected chi connectivity index (χ2v) is 18.2. The number of fused-ring (bicyclic) bond motifs is 4. The first kappa shape index (κ1) is 29.2. The topological polar surface area (TPSA) is 60.4 Å². The van der Waals surface area contributed by atoms with Gasteiger partial charge in [-0.1, -0.05) is 27.7 Å². The smallest absolute Gasteiger partial charge is 0.170 e. The molecule has 6 nitrogen and oxygen atoms in total. The lowest BCUT2D eigenvalue weighted by atomic mass is 9.42. The summed E-state index contributed by atoms with van der Waals surface area (Å²) in [7, 11) is 0. The minimum atomic E-state index is -0.650. The Bertz CT molecular complexity index is 1070. The fourth-order valence-electron chi connectivity index (χ4n) is 13.4. The zero-order valence-corrected chi connectivity index (χ0v) is 27.5. The number of rotatable bonds is 5. The maximum Gasteiger partial charge on any atom is 0.170 e. The average Bonchev–Trinajstić information content (AvgIpc) is 3.48. The quantitative estimate of drug-likeness (QED) is 0.416. The van der Waals surface area contributed by atoms with Crippen LogP contribution in [0.1, 0.15) is 112 Å². The van der Waals surface area contributed by atoms with E-state index in [2.05, 4.69) is 32.6 Å². The summed E-state index contributed by atoms with van der Waals surface area (Å²) in [5.74, 6) is 2.27.